The van der Waals surface area contributed by atoms with E-state index < -0.39 is 5.41 Å². The minimum Gasteiger partial charge on any atom is -0.348 e. The van der Waals surface area contributed by atoms with Gasteiger partial charge in [-0.15, -0.1) is 0 Å². The molecule has 33 heavy (non-hydrogen) atoms. The van der Waals surface area contributed by atoms with Crippen LogP contribution in [0.25, 0.3) is 21.3 Å². The van der Waals surface area contributed by atoms with E-state index in [1.165, 1.54) is 16.9 Å². The number of thiazole rings is 1. The number of nitrogens with zero attached hydrogens (tertiary/aromatic N) is 1. The first-order valence-electron chi connectivity index (χ1n) is 10.9. The second-order valence-corrected chi connectivity index (χ2v) is 10.2. The second-order valence-electron chi connectivity index (χ2n) is 9.15. The van der Waals surface area contributed by atoms with Gasteiger partial charge in [0.1, 0.15) is 0 Å². The lowest BCUT2D eigenvalue weighted by Crippen LogP contribution is -2.27. The Balaban J connectivity index is 1.51. The highest BCUT2D eigenvalue weighted by Gasteiger charge is 2.22. The number of benzene rings is 3. The van der Waals surface area contributed by atoms with Gasteiger partial charge in [-0.2, -0.15) is 0 Å². The van der Waals surface area contributed by atoms with E-state index in [9.17, 15) is 9.59 Å². The van der Waals surface area contributed by atoms with Crippen LogP contribution in [0.15, 0.2) is 66.7 Å². The van der Waals surface area contributed by atoms with Gasteiger partial charge >= 0.3 is 0 Å². The van der Waals surface area contributed by atoms with Crippen LogP contribution >= 0.6 is 11.3 Å². The van der Waals surface area contributed by atoms with Crippen molar-refractivity contribution in [2.75, 3.05) is 5.32 Å². The van der Waals surface area contributed by atoms with Crippen LogP contribution in [0.4, 0.5) is 5.13 Å². The van der Waals surface area contributed by atoms with E-state index in [4.69, 9.17) is 0 Å². The van der Waals surface area contributed by atoms with E-state index in [0.717, 1.165) is 26.9 Å². The molecule has 0 unspecified atom stereocenters. The average molecular weight is 458 g/mol. The summed E-state index contributed by atoms with van der Waals surface area (Å²) in [5.41, 5.74) is 5.10. The van der Waals surface area contributed by atoms with Crippen molar-refractivity contribution in [2.24, 2.45) is 5.41 Å². The van der Waals surface area contributed by atoms with Crippen LogP contribution in [-0.2, 0) is 11.3 Å². The molecule has 0 atom stereocenters. The molecule has 2 N–H and O–H groups in total. The Morgan fingerprint density at radius 2 is 1.67 bits per heavy atom. The first-order chi connectivity index (χ1) is 15.7. The summed E-state index contributed by atoms with van der Waals surface area (Å²) in [7, 11) is 0. The maximum Gasteiger partial charge on any atom is 0.251 e. The summed E-state index contributed by atoms with van der Waals surface area (Å²) >= 11 is 1.45. The van der Waals surface area contributed by atoms with E-state index in [2.05, 4.69) is 15.6 Å². The highest BCUT2D eigenvalue weighted by molar-refractivity contribution is 7.22. The number of hydrogen-bond acceptors (Lipinski definition) is 4. The fourth-order valence-corrected chi connectivity index (χ4v) is 4.12. The molecule has 1 aromatic heterocycles. The molecule has 6 heteroatoms. The van der Waals surface area contributed by atoms with Gasteiger partial charge in [0.05, 0.1) is 10.2 Å². The van der Waals surface area contributed by atoms with Crippen LogP contribution in [0.2, 0.25) is 0 Å². The van der Waals surface area contributed by atoms with Crippen molar-refractivity contribution in [3.05, 3.63) is 83.4 Å². The number of aryl methyl sites for hydroxylation is 1. The maximum absolute atomic E-state index is 12.7. The third kappa shape index (κ3) is 5.46. The number of carbonyl (C=O) groups excluding carboxylic acids is 2. The quantitative estimate of drug-likeness (QED) is 0.376. The van der Waals surface area contributed by atoms with Gasteiger partial charge in [0, 0.05) is 17.5 Å². The van der Waals surface area contributed by atoms with E-state index in [1.54, 1.807) is 0 Å². The SMILES string of the molecule is Cc1ccc(CNC(=O)c2cccc(-c3ccc4sc(NC(=O)C(C)(C)C)nc4c3)c2)cc1. The van der Waals surface area contributed by atoms with Crippen LogP contribution in [0, 0.1) is 12.3 Å². The minimum atomic E-state index is -0.483. The van der Waals surface area contributed by atoms with Gasteiger partial charge in [0.2, 0.25) is 5.91 Å². The van der Waals surface area contributed by atoms with Gasteiger partial charge in [-0.3, -0.25) is 9.59 Å². The monoisotopic (exact) mass is 457 g/mol. The number of rotatable bonds is 5. The molecule has 4 aromatic rings. The van der Waals surface area contributed by atoms with Crippen molar-refractivity contribution in [1.82, 2.24) is 10.3 Å². The molecule has 1 heterocycles. The number of aromatic nitrogens is 1. The molecule has 0 fully saturated rings. The largest absolute Gasteiger partial charge is 0.348 e. The number of carbonyl (C=O) groups is 2. The molecule has 0 saturated heterocycles. The normalized spacial score (nSPS) is 11.4. The molecule has 4 rings (SSSR count). The fraction of sp³-hybridized carbons (Fsp3) is 0.222. The van der Waals surface area contributed by atoms with Crippen molar-refractivity contribution in [3.8, 4) is 11.1 Å². The van der Waals surface area contributed by atoms with Crippen LogP contribution in [0.1, 0.15) is 42.3 Å². The van der Waals surface area contributed by atoms with Gasteiger partial charge in [0.15, 0.2) is 5.13 Å². The lowest BCUT2D eigenvalue weighted by molar-refractivity contribution is -0.123. The lowest BCUT2D eigenvalue weighted by atomic mass is 9.96. The van der Waals surface area contributed by atoms with Crippen LogP contribution in [-0.4, -0.2) is 16.8 Å². The van der Waals surface area contributed by atoms with Gasteiger partial charge in [-0.1, -0.05) is 80.1 Å². The Morgan fingerprint density at radius 1 is 0.939 bits per heavy atom. The zero-order valence-corrected chi connectivity index (χ0v) is 20.0. The van der Waals surface area contributed by atoms with E-state index in [0.29, 0.717) is 17.2 Å². The topological polar surface area (TPSA) is 71.1 Å². The number of amides is 2. The molecule has 2 amide bonds. The highest BCUT2D eigenvalue weighted by atomic mass is 32.1. The summed E-state index contributed by atoms with van der Waals surface area (Å²) in [5.74, 6) is -0.175. The number of fused-ring (bicyclic) bond motifs is 1. The summed E-state index contributed by atoms with van der Waals surface area (Å²) in [6.45, 7) is 8.14. The zero-order valence-electron chi connectivity index (χ0n) is 19.2. The second kappa shape index (κ2) is 9.16. The summed E-state index contributed by atoms with van der Waals surface area (Å²) in [5, 5.41) is 6.48. The summed E-state index contributed by atoms with van der Waals surface area (Å²) in [6.07, 6.45) is 0. The summed E-state index contributed by atoms with van der Waals surface area (Å²) < 4.78 is 0.995. The number of hydrogen-bond donors (Lipinski definition) is 2. The predicted octanol–water partition coefficient (Wildman–Crippen LogP) is 6.19. The number of nitrogens with one attached hydrogen (secondary N) is 2. The summed E-state index contributed by atoms with van der Waals surface area (Å²) in [4.78, 5) is 29.6. The summed E-state index contributed by atoms with van der Waals surface area (Å²) in [6, 6.07) is 21.7. The lowest BCUT2D eigenvalue weighted by Gasteiger charge is -2.15. The van der Waals surface area contributed by atoms with Crippen LogP contribution in [0.5, 0.6) is 0 Å². The first-order valence-corrected chi connectivity index (χ1v) is 11.7. The Morgan fingerprint density at radius 3 is 2.39 bits per heavy atom. The molecule has 0 aliphatic carbocycles. The molecular weight excluding hydrogens is 430 g/mol. The van der Waals surface area contributed by atoms with Crippen LogP contribution < -0.4 is 10.6 Å². The van der Waals surface area contributed by atoms with Gasteiger partial charge in [0.25, 0.3) is 5.91 Å². The van der Waals surface area contributed by atoms with Gasteiger partial charge in [-0.05, 0) is 47.9 Å². The van der Waals surface area contributed by atoms with E-state index in [1.807, 2.05) is 94.4 Å². The van der Waals surface area contributed by atoms with Crippen molar-refractivity contribution >= 4 is 38.5 Å². The Hall–Kier alpha value is -3.51. The van der Waals surface area contributed by atoms with E-state index in [-0.39, 0.29) is 11.8 Å². The Labute approximate surface area is 197 Å². The average Bonchev–Trinajstić information content (AvgIpc) is 3.19. The van der Waals surface area contributed by atoms with E-state index >= 15 is 0 Å². The van der Waals surface area contributed by atoms with Crippen LogP contribution in [0.3, 0.4) is 0 Å². The minimum absolute atomic E-state index is 0.0638. The zero-order chi connectivity index (χ0) is 23.6. The molecule has 5 nitrogen and oxygen atoms in total. The maximum atomic E-state index is 12.7. The smallest absolute Gasteiger partial charge is 0.251 e. The highest BCUT2D eigenvalue weighted by Crippen LogP contribution is 2.31. The van der Waals surface area contributed by atoms with Crippen molar-refractivity contribution in [3.63, 3.8) is 0 Å². The molecule has 0 aliphatic rings. The third-order valence-electron chi connectivity index (χ3n) is 5.32. The van der Waals surface area contributed by atoms with Gasteiger partial charge in [-0.25, -0.2) is 4.98 Å². The predicted molar refractivity (Wildman–Crippen MR) is 135 cm³/mol. The standard InChI is InChI=1S/C27H27N3O2S/c1-17-8-10-18(11-9-17)16-28-24(31)21-7-5-6-19(14-21)20-12-13-23-22(15-20)29-26(33-23)30-25(32)27(2,3)4/h5-15H,16H2,1-4H3,(H,28,31)(H,29,30,32). The molecule has 3 aromatic carbocycles. The molecule has 0 saturated carbocycles. The van der Waals surface area contributed by atoms with Crippen molar-refractivity contribution in [2.45, 2.75) is 34.2 Å². The Kier molecular flexibility index (Phi) is 6.29. The van der Waals surface area contributed by atoms with Crippen molar-refractivity contribution < 1.29 is 9.59 Å². The Bertz CT molecular complexity index is 1320. The molecule has 0 aliphatic heterocycles. The molecule has 0 radical (unpaired) electrons. The molecule has 0 bridgehead atoms. The van der Waals surface area contributed by atoms with Gasteiger partial charge < -0.3 is 10.6 Å². The van der Waals surface area contributed by atoms with Crippen molar-refractivity contribution in [1.29, 1.82) is 0 Å². The fourth-order valence-electron chi connectivity index (χ4n) is 3.28. The molecule has 168 valence electrons. The molecular formula is C27H27N3O2S. The third-order valence-corrected chi connectivity index (χ3v) is 6.27. The number of anilines is 1. The molecule has 0 spiro atoms. The first kappa shape index (κ1) is 22.7.